The Bertz CT molecular complexity index is 806. The number of primary sulfonamides is 1. The van der Waals surface area contributed by atoms with Crippen LogP contribution >= 0.6 is 11.6 Å². The van der Waals surface area contributed by atoms with Crippen LogP contribution in [0.1, 0.15) is 15.9 Å². The van der Waals surface area contributed by atoms with Crippen LogP contribution in [0, 0.1) is 6.92 Å². The molecule has 21 heavy (non-hydrogen) atoms. The molecule has 6 nitrogen and oxygen atoms in total. The molecule has 0 atom stereocenters. The number of sulfonamides is 1. The van der Waals surface area contributed by atoms with Crippen LogP contribution < -0.4 is 10.5 Å². The second kappa shape index (κ2) is 5.80. The zero-order valence-electron chi connectivity index (χ0n) is 11.0. The number of anilines is 1. The zero-order chi connectivity index (χ0) is 15.6. The summed E-state index contributed by atoms with van der Waals surface area (Å²) in [4.78, 5) is 15.8. The van der Waals surface area contributed by atoms with Crippen molar-refractivity contribution in [3.8, 4) is 0 Å². The lowest BCUT2D eigenvalue weighted by molar-refractivity contribution is 0.102. The number of hydrogen-bond acceptors (Lipinski definition) is 4. The van der Waals surface area contributed by atoms with Crippen LogP contribution in [0.2, 0.25) is 5.02 Å². The number of aromatic nitrogens is 1. The zero-order valence-corrected chi connectivity index (χ0v) is 12.6. The summed E-state index contributed by atoms with van der Waals surface area (Å²) in [5.41, 5.74) is 1.05. The molecule has 0 bridgehead atoms. The van der Waals surface area contributed by atoms with Crippen molar-refractivity contribution in [3.63, 3.8) is 0 Å². The third kappa shape index (κ3) is 3.57. The van der Waals surface area contributed by atoms with Gasteiger partial charge in [-0.15, -0.1) is 0 Å². The van der Waals surface area contributed by atoms with E-state index in [-0.39, 0.29) is 15.5 Å². The summed E-state index contributed by atoms with van der Waals surface area (Å²) in [5, 5.41) is 7.89. The second-order valence-corrected chi connectivity index (χ2v) is 6.27. The third-order valence-electron chi connectivity index (χ3n) is 2.77. The van der Waals surface area contributed by atoms with Crippen molar-refractivity contribution in [2.24, 2.45) is 5.14 Å². The smallest absolute Gasteiger partial charge is 0.257 e. The van der Waals surface area contributed by atoms with Gasteiger partial charge in [0.2, 0.25) is 10.0 Å². The Hall–Kier alpha value is -1.96. The normalized spacial score (nSPS) is 11.2. The molecule has 0 aliphatic heterocycles. The number of pyridine rings is 1. The molecule has 0 fully saturated rings. The van der Waals surface area contributed by atoms with E-state index < -0.39 is 15.9 Å². The molecule has 1 aromatic heterocycles. The molecule has 1 amide bonds. The summed E-state index contributed by atoms with van der Waals surface area (Å²) < 4.78 is 22.9. The van der Waals surface area contributed by atoms with Crippen LogP contribution in [-0.4, -0.2) is 19.3 Å². The quantitative estimate of drug-likeness (QED) is 0.900. The van der Waals surface area contributed by atoms with E-state index in [1.165, 1.54) is 24.5 Å². The van der Waals surface area contributed by atoms with E-state index in [9.17, 15) is 13.2 Å². The predicted octanol–water partition coefficient (Wildman–Crippen LogP) is 1.94. The number of halogens is 1. The Morgan fingerprint density at radius 1 is 1.33 bits per heavy atom. The summed E-state index contributed by atoms with van der Waals surface area (Å²) in [7, 11) is -3.85. The molecule has 0 aliphatic rings. The molecule has 0 spiro atoms. The molecule has 0 saturated carbocycles. The summed E-state index contributed by atoms with van der Waals surface area (Å²) in [5.74, 6) is -0.466. The molecule has 0 saturated heterocycles. The van der Waals surface area contributed by atoms with Crippen LogP contribution in [-0.2, 0) is 10.0 Å². The summed E-state index contributed by atoms with van der Waals surface area (Å²) in [6, 6.07) is 5.91. The van der Waals surface area contributed by atoms with Gasteiger partial charge in [-0.05, 0) is 30.7 Å². The minimum absolute atomic E-state index is 0.0406. The fraction of sp³-hybridized carbons (Fsp3) is 0.0769. The van der Waals surface area contributed by atoms with Crippen molar-refractivity contribution in [2.75, 3.05) is 5.32 Å². The van der Waals surface area contributed by atoms with Gasteiger partial charge in [0, 0.05) is 18.1 Å². The Balaban J connectivity index is 2.33. The molecular weight excluding hydrogens is 314 g/mol. The highest BCUT2D eigenvalue weighted by atomic mass is 35.5. The topological polar surface area (TPSA) is 102 Å². The predicted molar refractivity (Wildman–Crippen MR) is 79.8 cm³/mol. The largest absolute Gasteiger partial charge is 0.322 e. The lowest BCUT2D eigenvalue weighted by Gasteiger charge is -2.09. The monoisotopic (exact) mass is 325 g/mol. The van der Waals surface area contributed by atoms with Gasteiger partial charge in [0.15, 0.2) is 0 Å². The minimum Gasteiger partial charge on any atom is -0.322 e. The van der Waals surface area contributed by atoms with Crippen molar-refractivity contribution in [2.45, 2.75) is 11.8 Å². The number of carbonyl (C=O) groups is 1. The number of aryl methyl sites for hydroxylation is 1. The lowest BCUT2D eigenvalue weighted by atomic mass is 10.2. The molecule has 110 valence electrons. The first-order chi connectivity index (χ1) is 9.79. The van der Waals surface area contributed by atoms with Crippen molar-refractivity contribution in [3.05, 3.63) is 52.8 Å². The van der Waals surface area contributed by atoms with Crippen molar-refractivity contribution < 1.29 is 13.2 Å². The molecule has 3 N–H and O–H groups in total. The Labute approximate surface area is 127 Å². The first kappa shape index (κ1) is 15.4. The standard InChI is InChI=1S/C13H12ClN3O3S/c1-8-2-3-9(6-12(8)21(15,19)20)17-13(18)10-4-5-16-7-11(10)14/h2-7H,1H3,(H,17,18)(H2,15,19,20). The summed E-state index contributed by atoms with van der Waals surface area (Å²) in [6.07, 6.45) is 2.78. The third-order valence-corrected chi connectivity index (χ3v) is 4.12. The van der Waals surface area contributed by atoms with E-state index in [0.29, 0.717) is 11.3 Å². The van der Waals surface area contributed by atoms with E-state index in [1.807, 2.05) is 0 Å². The highest BCUT2D eigenvalue weighted by molar-refractivity contribution is 7.89. The van der Waals surface area contributed by atoms with Crippen molar-refractivity contribution >= 4 is 33.2 Å². The summed E-state index contributed by atoms with van der Waals surface area (Å²) in [6.45, 7) is 1.62. The molecule has 2 rings (SSSR count). The van der Waals surface area contributed by atoms with Crippen molar-refractivity contribution in [1.82, 2.24) is 4.98 Å². The number of nitrogens with one attached hydrogen (secondary N) is 1. The van der Waals surface area contributed by atoms with Gasteiger partial charge in [-0.2, -0.15) is 0 Å². The van der Waals surface area contributed by atoms with Gasteiger partial charge in [-0.25, -0.2) is 13.6 Å². The average Bonchev–Trinajstić information content (AvgIpc) is 2.40. The van der Waals surface area contributed by atoms with Gasteiger partial charge in [-0.3, -0.25) is 9.78 Å². The van der Waals surface area contributed by atoms with E-state index in [4.69, 9.17) is 16.7 Å². The van der Waals surface area contributed by atoms with Crippen LogP contribution in [0.3, 0.4) is 0 Å². The van der Waals surface area contributed by atoms with Gasteiger partial charge in [0.05, 0.1) is 15.5 Å². The fourth-order valence-electron chi connectivity index (χ4n) is 1.74. The minimum atomic E-state index is -3.85. The van der Waals surface area contributed by atoms with Crippen molar-refractivity contribution in [1.29, 1.82) is 0 Å². The number of nitrogens with two attached hydrogens (primary N) is 1. The maximum Gasteiger partial charge on any atom is 0.257 e. The number of carbonyl (C=O) groups excluding carboxylic acids is 1. The van der Waals surface area contributed by atoms with E-state index in [2.05, 4.69) is 10.3 Å². The van der Waals surface area contributed by atoms with Crippen LogP contribution in [0.25, 0.3) is 0 Å². The molecule has 8 heteroatoms. The Morgan fingerprint density at radius 3 is 2.67 bits per heavy atom. The van der Waals surface area contributed by atoms with Gasteiger partial charge in [-0.1, -0.05) is 17.7 Å². The lowest BCUT2D eigenvalue weighted by Crippen LogP contribution is -2.16. The molecule has 1 heterocycles. The Morgan fingerprint density at radius 2 is 2.05 bits per heavy atom. The first-order valence-electron chi connectivity index (χ1n) is 5.83. The SMILES string of the molecule is Cc1ccc(NC(=O)c2ccncc2Cl)cc1S(N)(=O)=O. The number of hydrogen-bond donors (Lipinski definition) is 2. The van der Waals surface area contributed by atoms with Gasteiger partial charge in [0.1, 0.15) is 0 Å². The van der Waals surface area contributed by atoms with E-state index >= 15 is 0 Å². The molecule has 2 aromatic rings. The maximum absolute atomic E-state index is 12.1. The average molecular weight is 326 g/mol. The van der Waals surface area contributed by atoms with Crippen LogP contribution in [0.5, 0.6) is 0 Å². The van der Waals surface area contributed by atoms with E-state index in [0.717, 1.165) is 0 Å². The first-order valence-corrected chi connectivity index (χ1v) is 7.76. The van der Waals surface area contributed by atoms with Gasteiger partial charge >= 0.3 is 0 Å². The Kier molecular flexibility index (Phi) is 4.26. The maximum atomic E-state index is 12.1. The number of amides is 1. The van der Waals surface area contributed by atoms with Gasteiger partial charge in [0.25, 0.3) is 5.91 Å². The van der Waals surface area contributed by atoms with E-state index in [1.54, 1.807) is 19.1 Å². The number of benzene rings is 1. The molecule has 1 aromatic carbocycles. The molecule has 0 aliphatic carbocycles. The molecule has 0 radical (unpaired) electrons. The highest BCUT2D eigenvalue weighted by Crippen LogP contribution is 2.21. The fourth-order valence-corrected chi connectivity index (χ4v) is 2.76. The second-order valence-electron chi connectivity index (χ2n) is 4.33. The number of nitrogens with zero attached hydrogens (tertiary/aromatic N) is 1. The molecule has 0 unspecified atom stereocenters. The molecular formula is C13H12ClN3O3S. The highest BCUT2D eigenvalue weighted by Gasteiger charge is 2.14. The number of rotatable bonds is 3. The van der Waals surface area contributed by atoms with Crippen LogP contribution in [0.4, 0.5) is 5.69 Å². The van der Waals surface area contributed by atoms with Crippen LogP contribution in [0.15, 0.2) is 41.6 Å². The summed E-state index contributed by atoms with van der Waals surface area (Å²) >= 11 is 5.88. The van der Waals surface area contributed by atoms with Gasteiger partial charge < -0.3 is 5.32 Å².